The van der Waals surface area contributed by atoms with Gasteiger partial charge in [0.15, 0.2) is 10.9 Å². The van der Waals surface area contributed by atoms with E-state index in [1.807, 2.05) is 0 Å². The monoisotopic (exact) mass is 267 g/mol. The van der Waals surface area contributed by atoms with Crippen molar-refractivity contribution >= 4 is 22.4 Å². The molecule has 1 unspecified atom stereocenters. The van der Waals surface area contributed by atoms with Crippen LogP contribution in [0.3, 0.4) is 0 Å². The van der Waals surface area contributed by atoms with Crippen LogP contribution >= 0.6 is 11.3 Å². The van der Waals surface area contributed by atoms with Gasteiger partial charge in [0.05, 0.1) is 23.6 Å². The summed E-state index contributed by atoms with van der Waals surface area (Å²) in [6.45, 7) is 1.57. The molecule has 2 rings (SSSR count). The summed E-state index contributed by atoms with van der Waals surface area (Å²) in [5.41, 5.74) is 0.365. The average Bonchev–Trinajstić information content (AvgIpc) is 2.78. The maximum absolute atomic E-state index is 13.3. The minimum absolute atomic E-state index is 0.0983. The van der Waals surface area contributed by atoms with E-state index in [4.69, 9.17) is 0 Å². The number of pyridine rings is 1. The lowest BCUT2D eigenvalue weighted by Crippen LogP contribution is -2.13. The number of rotatable bonds is 3. The van der Waals surface area contributed by atoms with Gasteiger partial charge in [-0.15, -0.1) is 11.3 Å². The summed E-state index contributed by atoms with van der Waals surface area (Å²) >= 11 is 1.17. The van der Waals surface area contributed by atoms with Gasteiger partial charge < -0.3 is 5.11 Å². The highest BCUT2D eigenvalue weighted by Gasteiger charge is 2.14. The third-order valence-corrected chi connectivity index (χ3v) is 2.96. The van der Waals surface area contributed by atoms with Gasteiger partial charge in [0.2, 0.25) is 0 Å². The van der Waals surface area contributed by atoms with Gasteiger partial charge in [-0.3, -0.25) is 15.1 Å². The third kappa shape index (κ3) is 2.69. The summed E-state index contributed by atoms with van der Waals surface area (Å²) in [5.74, 6) is -1.29. The van der Waals surface area contributed by atoms with E-state index in [9.17, 15) is 14.3 Å². The zero-order valence-electron chi connectivity index (χ0n) is 9.42. The molecule has 7 heteroatoms. The fraction of sp³-hybridized carbons (Fsp3) is 0.182. The second-order valence-electron chi connectivity index (χ2n) is 3.56. The molecule has 18 heavy (non-hydrogen) atoms. The molecule has 0 saturated carbocycles. The predicted molar refractivity (Wildman–Crippen MR) is 64.9 cm³/mol. The molecule has 5 nitrogen and oxygen atoms in total. The number of nitrogens with zero attached hydrogens (tertiary/aromatic N) is 2. The quantitative estimate of drug-likeness (QED) is 0.891. The van der Waals surface area contributed by atoms with Crippen molar-refractivity contribution in [1.82, 2.24) is 9.97 Å². The Morgan fingerprint density at radius 3 is 3.00 bits per heavy atom. The first-order chi connectivity index (χ1) is 8.58. The van der Waals surface area contributed by atoms with Crippen LogP contribution in [0.2, 0.25) is 0 Å². The summed E-state index contributed by atoms with van der Waals surface area (Å²) in [4.78, 5) is 19.3. The number of halogens is 1. The molecule has 0 aliphatic carbocycles. The van der Waals surface area contributed by atoms with Crippen molar-refractivity contribution in [2.45, 2.75) is 13.0 Å². The number of aromatic nitrogens is 2. The van der Waals surface area contributed by atoms with E-state index in [2.05, 4.69) is 15.3 Å². The van der Waals surface area contributed by atoms with Crippen LogP contribution < -0.4 is 5.32 Å². The highest BCUT2D eigenvalue weighted by atomic mass is 32.1. The number of anilines is 1. The first-order valence-electron chi connectivity index (χ1n) is 5.12. The molecular formula is C11H10FN3O2S. The Kier molecular flexibility index (Phi) is 3.63. The molecule has 2 aromatic rings. The molecule has 1 atom stereocenters. The van der Waals surface area contributed by atoms with Crippen molar-refractivity contribution < 1.29 is 14.3 Å². The Balaban J connectivity index is 2.14. The second-order valence-corrected chi connectivity index (χ2v) is 4.42. The van der Waals surface area contributed by atoms with Gasteiger partial charge in [-0.25, -0.2) is 9.37 Å². The molecule has 0 aromatic carbocycles. The topological polar surface area (TPSA) is 75.1 Å². The van der Waals surface area contributed by atoms with Crippen molar-refractivity contribution in [2.24, 2.45) is 0 Å². The molecule has 1 amide bonds. The molecule has 0 spiro atoms. The Bertz CT molecular complexity index is 571. The van der Waals surface area contributed by atoms with Crippen LogP contribution in [0, 0.1) is 5.82 Å². The normalized spacial score (nSPS) is 12.2. The summed E-state index contributed by atoms with van der Waals surface area (Å²) in [6.07, 6.45) is 1.60. The van der Waals surface area contributed by atoms with Crippen LogP contribution in [0.1, 0.15) is 29.1 Å². The number of amides is 1. The molecule has 0 bridgehead atoms. The molecule has 2 N–H and O–H groups in total. The van der Waals surface area contributed by atoms with E-state index in [0.29, 0.717) is 10.8 Å². The fourth-order valence-corrected chi connectivity index (χ4v) is 2.05. The number of carbonyl (C=O) groups is 1. The number of carbonyl (C=O) groups excluding carboxylic acids is 1. The van der Waals surface area contributed by atoms with Gasteiger partial charge in [0, 0.05) is 11.6 Å². The summed E-state index contributed by atoms with van der Waals surface area (Å²) in [5, 5.41) is 13.7. The molecule has 94 valence electrons. The van der Waals surface area contributed by atoms with Crippen LogP contribution in [-0.2, 0) is 0 Å². The molecular weight excluding hydrogens is 257 g/mol. The minimum atomic E-state index is -0.704. The molecule has 0 saturated heterocycles. The van der Waals surface area contributed by atoms with Crippen molar-refractivity contribution in [3.8, 4) is 0 Å². The molecule has 0 fully saturated rings. The third-order valence-electron chi connectivity index (χ3n) is 2.19. The van der Waals surface area contributed by atoms with Crippen molar-refractivity contribution in [3.05, 3.63) is 40.9 Å². The van der Waals surface area contributed by atoms with Crippen molar-refractivity contribution in [1.29, 1.82) is 0 Å². The van der Waals surface area contributed by atoms with Gasteiger partial charge in [-0.05, 0) is 13.0 Å². The fourth-order valence-electron chi connectivity index (χ4n) is 1.26. The highest BCUT2D eigenvalue weighted by molar-refractivity contribution is 7.14. The maximum Gasteiger partial charge on any atom is 0.260 e. The first kappa shape index (κ1) is 12.6. The van der Waals surface area contributed by atoms with E-state index in [1.54, 1.807) is 12.3 Å². The molecule has 0 aliphatic rings. The van der Waals surface area contributed by atoms with Crippen LogP contribution in [0.25, 0.3) is 0 Å². The lowest BCUT2D eigenvalue weighted by atomic mass is 10.2. The number of nitrogens with one attached hydrogen (secondary N) is 1. The van der Waals surface area contributed by atoms with Crippen molar-refractivity contribution in [3.63, 3.8) is 0 Å². The zero-order valence-corrected chi connectivity index (χ0v) is 10.2. The summed E-state index contributed by atoms with van der Waals surface area (Å²) < 4.78 is 13.3. The average molecular weight is 267 g/mol. The van der Waals surface area contributed by atoms with Gasteiger partial charge >= 0.3 is 0 Å². The summed E-state index contributed by atoms with van der Waals surface area (Å²) in [7, 11) is 0. The Morgan fingerprint density at radius 2 is 2.39 bits per heavy atom. The number of hydrogen-bond acceptors (Lipinski definition) is 5. The maximum atomic E-state index is 13.3. The van der Waals surface area contributed by atoms with E-state index < -0.39 is 17.8 Å². The highest BCUT2D eigenvalue weighted by Crippen LogP contribution is 2.21. The van der Waals surface area contributed by atoms with Gasteiger partial charge in [0.25, 0.3) is 5.91 Å². The predicted octanol–water partition coefficient (Wildman–Crippen LogP) is 1.98. The van der Waals surface area contributed by atoms with E-state index in [0.717, 1.165) is 6.20 Å². The van der Waals surface area contributed by atoms with Gasteiger partial charge in [0.1, 0.15) is 0 Å². The van der Waals surface area contributed by atoms with Crippen LogP contribution in [0.5, 0.6) is 0 Å². The Labute approximate surface area is 106 Å². The second kappa shape index (κ2) is 5.19. The lowest BCUT2D eigenvalue weighted by Gasteiger charge is -2.02. The van der Waals surface area contributed by atoms with Crippen LogP contribution in [0.15, 0.2) is 23.8 Å². The minimum Gasteiger partial charge on any atom is -0.387 e. The van der Waals surface area contributed by atoms with Crippen LogP contribution in [0.4, 0.5) is 9.52 Å². The Morgan fingerprint density at radius 1 is 1.61 bits per heavy atom. The van der Waals surface area contributed by atoms with Crippen LogP contribution in [-0.4, -0.2) is 21.0 Å². The Hall–Kier alpha value is -1.86. The standard InChI is InChI=1S/C11H10FN3O2S/c1-6(16)9-5-18-11(14-9)15-10(17)7-2-3-13-4-8(7)12/h2-6,16H,1H3,(H,14,15,17). The smallest absolute Gasteiger partial charge is 0.260 e. The zero-order chi connectivity index (χ0) is 13.1. The SMILES string of the molecule is CC(O)c1csc(NC(=O)c2ccncc2F)n1. The van der Waals surface area contributed by atoms with E-state index >= 15 is 0 Å². The summed E-state index contributed by atoms with van der Waals surface area (Å²) in [6, 6.07) is 1.29. The van der Waals surface area contributed by atoms with E-state index in [1.165, 1.54) is 23.6 Å². The number of aliphatic hydroxyl groups is 1. The number of thiazole rings is 1. The van der Waals surface area contributed by atoms with E-state index in [-0.39, 0.29) is 5.56 Å². The lowest BCUT2D eigenvalue weighted by molar-refractivity contribution is 0.102. The largest absolute Gasteiger partial charge is 0.387 e. The van der Waals surface area contributed by atoms with Gasteiger partial charge in [-0.1, -0.05) is 0 Å². The number of aliphatic hydroxyl groups excluding tert-OH is 1. The number of hydrogen-bond donors (Lipinski definition) is 2. The molecule has 0 aliphatic heterocycles. The molecule has 0 radical (unpaired) electrons. The molecule has 2 aromatic heterocycles. The van der Waals surface area contributed by atoms with Gasteiger partial charge in [-0.2, -0.15) is 0 Å². The first-order valence-corrected chi connectivity index (χ1v) is 6.00. The molecule has 2 heterocycles. The van der Waals surface area contributed by atoms with Crippen molar-refractivity contribution in [2.75, 3.05) is 5.32 Å².